The summed E-state index contributed by atoms with van der Waals surface area (Å²) in [6.07, 6.45) is 4.69. The van der Waals surface area contributed by atoms with Gasteiger partial charge in [-0.15, -0.1) is 11.8 Å². The van der Waals surface area contributed by atoms with E-state index in [-0.39, 0.29) is 0 Å². The molecule has 0 bridgehead atoms. The van der Waals surface area contributed by atoms with Crippen molar-refractivity contribution in [2.24, 2.45) is 0 Å². The number of pyridine rings is 1. The van der Waals surface area contributed by atoms with Gasteiger partial charge in [0.2, 0.25) is 0 Å². The fourth-order valence-electron chi connectivity index (χ4n) is 2.08. The molecule has 1 aromatic heterocycles. The summed E-state index contributed by atoms with van der Waals surface area (Å²) in [5.41, 5.74) is 1.23. The first-order valence-electron chi connectivity index (χ1n) is 6.89. The maximum Gasteiger partial charge on any atom is 0.0541 e. The molecule has 21 heavy (non-hydrogen) atoms. The van der Waals surface area contributed by atoms with Crippen molar-refractivity contribution in [3.63, 3.8) is 0 Å². The summed E-state index contributed by atoms with van der Waals surface area (Å²) in [5.74, 6) is 0.976. The van der Waals surface area contributed by atoms with Crippen LogP contribution in [0.4, 0.5) is 0 Å². The van der Waals surface area contributed by atoms with Crippen LogP contribution in [0.3, 0.4) is 0 Å². The van der Waals surface area contributed by atoms with Crippen LogP contribution in [0.5, 0.6) is 0 Å². The van der Waals surface area contributed by atoms with Crippen LogP contribution >= 0.6 is 39.3 Å². The van der Waals surface area contributed by atoms with Gasteiger partial charge in [0.05, 0.1) is 5.02 Å². The lowest BCUT2D eigenvalue weighted by molar-refractivity contribution is 0.572. The number of hydrogen-bond donors (Lipinski definition) is 1. The first kappa shape index (κ1) is 16.8. The van der Waals surface area contributed by atoms with Crippen LogP contribution in [0.2, 0.25) is 5.02 Å². The standard InChI is InChI=1S/C16H18BrClN2S/c1-2-20-14(8-12-7-13(17)10-19-9-12)11-21-16-6-4-3-5-15(16)18/h3-7,9-10,14,20H,2,8,11H2,1H3. The second-order valence-corrected chi connectivity index (χ2v) is 7.10. The van der Waals surface area contributed by atoms with Gasteiger partial charge in [-0.2, -0.15) is 0 Å². The average molecular weight is 386 g/mol. The van der Waals surface area contributed by atoms with E-state index in [1.54, 1.807) is 11.8 Å². The molecule has 5 heteroatoms. The Morgan fingerprint density at radius 2 is 2.14 bits per heavy atom. The Morgan fingerprint density at radius 1 is 1.33 bits per heavy atom. The summed E-state index contributed by atoms with van der Waals surface area (Å²) in [6, 6.07) is 10.5. The van der Waals surface area contributed by atoms with Crippen molar-refractivity contribution in [1.82, 2.24) is 10.3 Å². The molecule has 2 nitrogen and oxygen atoms in total. The largest absolute Gasteiger partial charge is 0.313 e. The van der Waals surface area contributed by atoms with Gasteiger partial charge in [0, 0.05) is 33.6 Å². The molecule has 0 amide bonds. The molecule has 0 spiro atoms. The number of nitrogens with one attached hydrogen (secondary N) is 1. The molecular formula is C16H18BrClN2S. The molecule has 1 aromatic carbocycles. The second-order valence-electron chi connectivity index (χ2n) is 4.71. The molecule has 0 radical (unpaired) electrons. The number of halogens is 2. The van der Waals surface area contributed by atoms with E-state index in [1.165, 1.54) is 5.56 Å². The summed E-state index contributed by atoms with van der Waals surface area (Å²) in [4.78, 5) is 5.36. The van der Waals surface area contributed by atoms with Gasteiger partial charge in [-0.25, -0.2) is 0 Å². The maximum atomic E-state index is 6.21. The minimum Gasteiger partial charge on any atom is -0.313 e. The number of rotatable bonds is 7. The van der Waals surface area contributed by atoms with E-state index in [0.29, 0.717) is 6.04 Å². The molecule has 2 rings (SSSR count). The van der Waals surface area contributed by atoms with Crippen LogP contribution in [0, 0.1) is 0 Å². The number of aromatic nitrogens is 1. The lowest BCUT2D eigenvalue weighted by Gasteiger charge is -2.18. The summed E-state index contributed by atoms with van der Waals surface area (Å²) in [5, 5.41) is 4.35. The minimum atomic E-state index is 0.396. The summed E-state index contributed by atoms with van der Waals surface area (Å²) < 4.78 is 1.02. The molecule has 1 unspecified atom stereocenters. The summed E-state index contributed by atoms with van der Waals surface area (Å²) >= 11 is 11.5. The smallest absolute Gasteiger partial charge is 0.0541 e. The van der Waals surface area contributed by atoms with Crippen molar-refractivity contribution in [1.29, 1.82) is 0 Å². The predicted molar refractivity (Wildman–Crippen MR) is 95.3 cm³/mol. The predicted octanol–water partition coefficient (Wildman–Crippen LogP) is 4.81. The van der Waals surface area contributed by atoms with Crippen LogP contribution in [0.1, 0.15) is 12.5 Å². The maximum absolute atomic E-state index is 6.21. The zero-order valence-corrected chi connectivity index (χ0v) is 15.0. The fourth-order valence-corrected chi connectivity index (χ4v) is 3.79. The molecule has 0 fully saturated rings. The molecule has 0 aliphatic carbocycles. The van der Waals surface area contributed by atoms with E-state index in [2.05, 4.69) is 45.3 Å². The molecule has 2 aromatic rings. The van der Waals surface area contributed by atoms with Gasteiger partial charge in [-0.05, 0) is 52.7 Å². The lowest BCUT2D eigenvalue weighted by Crippen LogP contribution is -2.33. The number of thioether (sulfide) groups is 1. The molecule has 112 valence electrons. The van der Waals surface area contributed by atoms with Crippen molar-refractivity contribution in [3.8, 4) is 0 Å². The van der Waals surface area contributed by atoms with E-state index >= 15 is 0 Å². The Labute approximate surface area is 143 Å². The Hall–Kier alpha value is -0.550. The highest BCUT2D eigenvalue weighted by atomic mass is 79.9. The Kier molecular flexibility index (Phi) is 7.04. The average Bonchev–Trinajstić information content (AvgIpc) is 2.46. The fraction of sp³-hybridized carbons (Fsp3) is 0.312. The molecule has 0 aliphatic heterocycles. The number of benzene rings is 1. The molecule has 0 aliphatic rings. The molecule has 0 saturated heterocycles. The van der Waals surface area contributed by atoms with Crippen LogP contribution in [0.25, 0.3) is 0 Å². The molecular weight excluding hydrogens is 368 g/mol. The lowest BCUT2D eigenvalue weighted by atomic mass is 10.1. The highest BCUT2D eigenvalue weighted by molar-refractivity contribution is 9.10. The third-order valence-electron chi connectivity index (χ3n) is 3.01. The van der Waals surface area contributed by atoms with Crippen LogP contribution < -0.4 is 5.32 Å². The summed E-state index contributed by atoms with van der Waals surface area (Å²) in [7, 11) is 0. The highest BCUT2D eigenvalue weighted by Gasteiger charge is 2.11. The Morgan fingerprint density at radius 3 is 2.86 bits per heavy atom. The van der Waals surface area contributed by atoms with E-state index in [1.807, 2.05) is 30.6 Å². The zero-order chi connectivity index (χ0) is 15.1. The van der Waals surface area contributed by atoms with Gasteiger partial charge in [-0.3, -0.25) is 4.98 Å². The van der Waals surface area contributed by atoms with E-state index < -0.39 is 0 Å². The van der Waals surface area contributed by atoms with E-state index in [9.17, 15) is 0 Å². The third kappa shape index (κ3) is 5.62. The van der Waals surface area contributed by atoms with Crippen LogP contribution in [-0.2, 0) is 6.42 Å². The molecule has 1 N–H and O–H groups in total. The molecule has 1 atom stereocenters. The third-order valence-corrected chi connectivity index (χ3v) is 5.12. The van der Waals surface area contributed by atoms with Gasteiger partial charge in [-0.1, -0.05) is 30.7 Å². The van der Waals surface area contributed by atoms with Crippen molar-refractivity contribution in [3.05, 3.63) is 57.8 Å². The second kappa shape index (κ2) is 8.79. The van der Waals surface area contributed by atoms with Crippen LogP contribution in [-0.4, -0.2) is 23.3 Å². The van der Waals surface area contributed by atoms with Gasteiger partial charge in [0.1, 0.15) is 0 Å². The van der Waals surface area contributed by atoms with Gasteiger partial charge in [0.25, 0.3) is 0 Å². The number of hydrogen-bond acceptors (Lipinski definition) is 3. The Balaban J connectivity index is 1.97. The topological polar surface area (TPSA) is 24.9 Å². The zero-order valence-electron chi connectivity index (χ0n) is 11.9. The SMILES string of the molecule is CCNC(CSc1ccccc1Cl)Cc1cncc(Br)c1. The first-order valence-corrected chi connectivity index (χ1v) is 9.05. The highest BCUT2D eigenvalue weighted by Crippen LogP contribution is 2.27. The molecule has 0 saturated carbocycles. The number of nitrogens with zero attached hydrogens (tertiary/aromatic N) is 1. The quantitative estimate of drug-likeness (QED) is 0.692. The minimum absolute atomic E-state index is 0.396. The first-order chi connectivity index (χ1) is 10.2. The van der Waals surface area contributed by atoms with Gasteiger partial charge < -0.3 is 5.32 Å². The normalized spacial score (nSPS) is 12.3. The van der Waals surface area contributed by atoms with Crippen molar-refractivity contribution >= 4 is 39.3 Å². The van der Waals surface area contributed by atoms with E-state index in [0.717, 1.165) is 33.1 Å². The Bertz CT molecular complexity index is 580. The van der Waals surface area contributed by atoms with Crippen LogP contribution in [0.15, 0.2) is 52.1 Å². The van der Waals surface area contributed by atoms with Crippen molar-refractivity contribution in [2.45, 2.75) is 24.3 Å². The van der Waals surface area contributed by atoms with Crippen molar-refractivity contribution < 1.29 is 0 Å². The van der Waals surface area contributed by atoms with Gasteiger partial charge >= 0.3 is 0 Å². The number of likely N-dealkylation sites (N-methyl/N-ethyl adjacent to an activating group) is 1. The van der Waals surface area contributed by atoms with E-state index in [4.69, 9.17) is 11.6 Å². The van der Waals surface area contributed by atoms with Gasteiger partial charge in [0.15, 0.2) is 0 Å². The molecule has 1 heterocycles. The van der Waals surface area contributed by atoms with Crippen molar-refractivity contribution in [2.75, 3.05) is 12.3 Å². The monoisotopic (exact) mass is 384 g/mol. The summed E-state index contributed by atoms with van der Waals surface area (Å²) in [6.45, 7) is 3.08.